The molecule has 0 fully saturated rings. The average Bonchev–Trinajstić information content (AvgIpc) is 2.14. The van der Waals surface area contributed by atoms with E-state index in [0.717, 1.165) is 6.07 Å². The van der Waals surface area contributed by atoms with Crippen molar-refractivity contribution >= 4 is 17.3 Å². The van der Waals surface area contributed by atoms with Gasteiger partial charge in [0.05, 0.1) is 16.3 Å². The van der Waals surface area contributed by atoms with Crippen LogP contribution < -0.4 is 5.32 Å². The Morgan fingerprint density at radius 3 is 2.60 bits per heavy atom. The lowest BCUT2D eigenvalue weighted by Crippen LogP contribution is -2.11. The standard InChI is InChI=1S/C10H9ClF3N/c1-2-6-15-9-7(10(12,13)14)4-3-5-8(9)11/h2-5,15H,1,6H2. The Hall–Kier alpha value is -1.16. The van der Waals surface area contributed by atoms with Crippen molar-refractivity contribution in [3.8, 4) is 0 Å². The fourth-order valence-corrected chi connectivity index (χ4v) is 1.36. The van der Waals surface area contributed by atoms with E-state index in [-0.39, 0.29) is 17.3 Å². The van der Waals surface area contributed by atoms with Gasteiger partial charge in [-0.05, 0) is 12.1 Å². The van der Waals surface area contributed by atoms with Crippen LogP contribution in [0.15, 0.2) is 30.9 Å². The number of anilines is 1. The Labute approximate surface area is 90.6 Å². The van der Waals surface area contributed by atoms with Crippen LogP contribution >= 0.6 is 11.6 Å². The van der Waals surface area contributed by atoms with Gasteiger partial charge in [0.25, 0.3) is 0 Å². The minimum absolute atomic E-state index is 0.0478. The van der Waals surface area contributed by atoms with Gasteiger partial charge in [0.2, 0.25) is 0 Å². The smallest absolute Gasteiger partial charge is 0.380 e. The van der Waals surface area contributed by atoms with Gasteiger partial charge >= 0.3 is 6.18 Å². The lowest BCUT2D eigenvalue weighted by Gasteiger charge is -2.14. The summed E-state index contributed by atoms with van der Waals surface area (Å²) < 4.78 is 37.6. The van der Waals surface area contributed by atoms with Crippen molar-refractivity contribution in [1.82, 2.24) is 0 Å². The third-order valence-corrected chi connectivity index (χ3v) is 2.06. The first-order valence-corrected chi connectivity index (χ1v) is 4.55. The van der Waals surface area contributed by atoms with Gasteiger partial charge in [0, 0.05) is 6.54 Å². The second kappa shape index (κ2) is 4.57. The zero-order chi connectivity index (χ0) is 11.5. The maximum atomic E-state index is 12.5. The second-order valence-corrected chi connectivity index (χ2v) is 3.24. The summed E-state index contributed by atoms with van der Waals surface area (Å²) in [5.41, 5.74) is -0.872. The quantitative estimate of drug-likeness (QED) is 0.782. The maximum Gasteiger partial charge on any atom is 0.418 e. The van der Waals surface area contributed by atoms with E-state index in [4.69, 9.17) is 11.6 Å². The molecule has 1 nitrogen and oxygen atoms in total. The largest absolute Gasteiger partial charge is 0.418 e. The van der Waals surface area contributed by atoms with Crippen molar-refractivity contribution in [2.24, 2.45) is 0 Å². The molecule has 82 valence electrons. The van der Waals surface area contributed by atoms with Crippen molar-refractivity contribution in [1.29, 1.82) is 0 Å². The number of rotatable bonds is 3. The summed E-state index contributed by atoms with van der Waals surface area (Å²) in [7, 11) is 0. The van der Waals surface area contributed by atoms with Gasteiger partial charge in [-0.25, -0.2) is 0 Å². The van der Waals surface area contributed by atoms with E-state index in [9.17, 15) is 13.2 Å². The van der Waals surface area contributed by atoms with Crippen LogP contribution in [-0.4, -0.2) is 6.54 Å². The zero-order valence-corrected chi connectivity index (χ0v) is 8.49. The molecule has 0 radical (unpaired) electrons. The third kappa shape index (κ3) is 2.89. The highest BCUT2D eigenvalue weighted by atomic mass is 35.5. The molecule has 0 amide bonds. The molecule has 1 N–H and O–H groups in total. The van der Waals surface area contributed by atoms with Crippen LogP contribution in [-0.2, 0) is 6.18 Å². The topological polar surface area (TPSA) is 12.0 Å². The molecule has 5 heteroatoms. The highest BCUT2D eigenvalue weighted by molar-refractivity contribution is 6.33. The summed E-state index contributed by atoms with van der Waals surface area (Å²) >= 11 is 5.67. The maximum absolute atomic E-state index is 12.5. The monoisotopic (exact) mass is 235 g/mol. The fourth-order valence-electron chi connectivity index (χ4n) is 1.11. The van der Waals surface area contributed by atoms with Crippen LogP contribution in [0.25, 0.3) is 0 Å². The average molecular weight is 236 g/mol. The van der Waals surface area contributed by atoms with Gasteiger partial charge < -0.3 is 5.32 Å². The first-order chi connectivity index (χ1) is 6.96. The van der Waals surface area contributed by atoms with Crippen LogP contribution in [0.4, 0.5) is 18.9 Å². The van der Waals surface area contributed by atoms with E-state index >= 15 is 0 Å². The van der Waals surface area contributed by atoms with Crippen molar-refractivity contribution in [2.75, 3.05) is 11.9 Å². The normalized spacial score (nSPS) is 11.2. The van der Waals surface area contributed by atoms with Crippen LogP contribution in [0.2, 0.25) is 5.02 Å². The van der Waals surface area contributed by atoms with E-state index in [1.807, 2.05) is 0 Å². The lowest BCUT2D eigenvalue weighted by atomic mass is 10.1. The van der Waals surface area contributed by atoms with E-state index in [1.54, 1.807) is 0 Å². The fraction of sp³-hybridized carbons (Fsp3) is 0.200. The number of hydrogen-bond acceptors (Lipinski definition) is 1. The molecule has 0 bridgehead atoms. The molecule has 0 atom stereocenters. The molecular formula is C10H9ClF3N. The lowest BCUT2D eigenvalue weighted by molar-refractivity contribution is -0.136. The molecule has 0 heterocycles. The zero-order valence-electron chi connectivity index (χ0n) is 7.74. The number of nitrogens with one attached hydrogen (secondary N) is 1. The molecule has 0 saturated carbocycles. The van der Waals surface area contributed by atoms with Crippen LogP contribution in [0.3, 0.4) is 0 Å². The molecule has 0 aromatic heterocycles. The predicted octanol–water partition coefficient (Wildman–Crippen LogP) is 3.96. The summed E-state index contributed by atoms with van der Waals surface area (Å²) in [6, 6.07) is 3.66. The van der Waals surface area contributed by atoms with Gasteiger partial charge in [-0.15, -0.1) is 6.58 Å². The number of alkyl halides is 3. The van der Waals surface area contributed by atoms with Gasteiger partial charge in [0.1, 0.15) is 0 Å². The summed E-state index contributed by atoms with van der Waals surface area (Å²) in [6.45, 7) is 3.64. The molecule has 1 aromatic carbocycles. The van der Waals surface area contributed by atoms with Gasteiger partial charge in [0.15, 0.2) is 0 Å². The van der Waals surface area contributed by atoms with E-state index < -0.39 is 11.7 Å². The first kappa shape index (κ1) is 11.9. The summed E-state index contributed by atoms with van der Waals surface area (Å²) in [6.07, 6.45) is -2.95. The Balaban J connectivity index is 3.14. The highest BCUT2D eigenvalue weighted by Crippen LogP contribution is 2.38. The number of halogens is 4. The minimum atomic E-state index is -4.41. The van der Waals surface area contributed by atoms with Gasteiger partial charge in [-0.1, -0.05) is 23.7 Å². The van der Waals surface area contributed by atoms with Crippen LogP contribution in [0.1, 0.15) is 5.56 Å². The number of benzene rings is 1. The van der Waals surface area contributed by atoms with Gasteiger partial charge in [-0.3, -0.25) is 0 Å². The molecule has 0 aliphatic rings. The minimum Gasteiger partial charge on any atom is -0.380 e. The highest BCUT2D eigenvalue weighted by Gasteiger charge is 2.34. The van der Waals surface area contributed by atoms with Crippen molar-refractivity contribution in [3.63, 3.8) is 0 Å². The molecule has 0 saturated heterocycles. The first-order valence-electron chi connectivity index (χ1n) is 4.17. The second-order valence-electron chi connectivity index (χ2n) is 2.83. The predicted molar refractivity (Wildman–Crippen MR) is 55.1 cm³/mol. The molecule has 0 aliphatic heterocycles. The Kier molecular flexibility index (Phi) is 3.63. The summed E-state index contributed by atoms with van der Waals surface area (Å²) in [5, 5.41) is 2.62. The summed E-state index contributed by atoms with van der Waals surface area (Å²) in [5.74, 6) is 0. The van der Waals surface area contributed by atoms with Crippen molar-refractivity contribution < 1.29 is 13.2 Å². The number of hydrogen-bond donors (Lipinski definition) is 1. The molecular weight excluding hydrogens is 227 g/mol. The SMILES string of the molecule is C=CCNc1c(Cl)cccc1C(F)(F)F. The van der Waals surface area contributed by atoms with Crippen molar-refractivity contribution in [3.05, 3.63) is 41.4 Å². The van der Waals surface area contributed by atoms with E-state index in [1.165, 1.54) is 18.2 Å². The molecule has 0 aliphatic carbocycles. The Morgan fingerprint density at radius 1 is 1.40 bits per heavy atom. The molecule has 1 rings (SSSR count). The molecule has 15 heavy (non-hydrogen) atoms. The van der Waals surface area contributed by atoms with Gasteiger partial charge in [-0.2, -0.15) is 13.2 Å². The summed E-state index contributed by atoms with van der Waals surface area (Å²) in [4.78, 5) is 0. The van der Waals surface area contributed by atoms with Crippen LogP contribution in [0, 0.1) is 0 Å². The van der Waals surface area contributed by atoms with E-state index in [0.29, 0.717) is 0 Å². The third-order valence-electron chi connectivity index (χ3n) is 1.74. The Morgan fingerprint density at radius 2 is 2.07 bits per heavy atom. The Bertz CT molecular complexity index is 360. The van der Waals surface area contributed by atoms with Crippen LogP contribution in [0.5, 0.6) is 0 Å². The molecule has 0 spiro atoms. The van der Waals surface area contributed by atoms with Crippen molar-refractivity contribution in [2.45, 2.75) is 6.18 Å². The number of para-hydroxylation sites is 1. The molecule has 1 aromatic rings. The van der Waals surface area contributed by atoms with E-state index in [2.05, 4.69) is 11.9 Å². The molecule has 0 unspecified atom stereocenters.